The van der Waals surface area contributed by atoms with E-state index in [1.54, 1.807) is 6.07 Å². The first kappa shape index (κ1) is 14.0. The Morgan fingerprint density at radius 1 is 1.50 bits per heavy atom. The average Bonchev–Trinajstić information content (AvgIpc) is 2.81. The molecule has 1 saturated heterocycles. The van der Waals surface area contributed by atoms with E-state index in [0.717, 1.165) is 36.4 Å². The Morgan fingerprint density at radius 3 is 3.10 bits per heavy atom. The van der Waals surface area contributed by atoms with Gasteiger partial charge >= 0.3 is 0 Å². The molecule has 0 saturated carbocycles. The fourth-order valence-electron chi connectivity index (χ4n) is 2.99. The van der Waals surface area contributed by atoms with Crippen molar-refractivity contribution in [1.82, 2.24) is 15.3 Å². The molecule has 1 aliphatic rings. The summed E-state index contributed by atoms with van der Waals surface area (Å²) >= 11 is 3.20. The largest absolute Gasteiger partial charge is 0.342 e. The van der Waals surface area contributed by atoms with Gasteiger partial charge in [0.05, 0.1) is 15.5 Å². The zero-order chi connectivity index (χ0) is 14.1. The highest BCUT2D eigenvalue weighted by molar-refractivity contribution is 9.10. The van der Waals surface area contributed by atoms with Crippen molar-refractivity contribution in [3.05, 3.63) is 28.2 Å². The summed E-state index contributed by atoms with van der Waals surface area (Å²) in [6, 6.07) is 3.24. The second-order valence-corrected chi connectivity index (χ2v) is 6.61. The molecule has 2 aromatic rings. The van der Waals surface area contributed by atoms with Crippen molar-refractivity contribution >= 4 is 27.0 Å². The Hall–Kier alpha value is -0.940. The molecule has 0 amide bonds. The maximum Gasteiger partial charge on any atom is 0.139 e. The number of benzene rings is 1. The van der Waals surface area contributed by atoms with Crippen molar-refractivity contribution in [2.45, 2.75) is 26.2 Å². The molecule has 2 N–H and O–H groups in total. The Kier molecular flexibility index (Phi) is 4.08. The normalized spacial score (nSPS) is 21.2. The van der Waals surface area contributed by atoms with Gasteiger partial charge in [-0.2, -0.15) is 0 Å². The van der Waals surface area contributed by atoms with Gasteiger partial charge in [0.25, 0.3) is 0 Å². The van der Waals surface area contributed by atoms with Crippen LogP contribution in [0.2, 0.25) is 0 Å². The number of nitrogens with one attached hydrogen (secondary N) is 2. The van der Waals surface area contributed by atoms with Crippen molar-refractivity contribution in [2.24, 2.45) is 11.8 Å². The Labute approximate surface area is 126 Å². The number of H-pyrrole nitrogens is 1. The predicted octanol–water partition coefficient (Wildman–Crippen LogP) is 3.64. The summed E-state index contributed by atoms with van der Waals surface area (Å²) in [5.41, 5.74) is 1.59. The molecule has 5 heteroatoms. The topological polar surface area (TPSA) is 40.7 Å². The third-order valence-electron chi connectivity index (χ3n) is 4.23. The highest BCUT2D eigenvalue weighted by Crippen LogP contribution is 2.25. The molecule has 20 heavy (non-hydrogen) atoms. The van der Waals surface area contributed by atoms with Gasteiger partial charge in [-0.25, -0.2) is 9.37 Å². The number of hydrogen-bond acceptors (Lipinski definition) is 2. The molecule has 0 radical (unpaired) electrons. The van der Waals surface area contributed by atoms with E-state index in [4.69, 9.17) is 0 Å². The van der Waals surface area contributed by atoms with E-state index >= 15 is 0 Å². The van der Waals surface area contributed by atoms with E-state index in [2.05, 4.69) is 38.1 Å². The number of hydrogen-bond donors (Lipinski definition) is 2. The lowest BCUT2D eigenvalue weighted by Gasteiger charge is -2.27. The van der Waals surface area contributed by atoms with Gasteiger partial charge in [-0.1, -0.05) is 6.92 Å². The smallest absolute Gasteiger partial charge is 0.139 e. The number of halogens is 2. The summed E-state index contributed by atoms with van der Waals surface area (Å²) in [6.45, 7) is 4.52. The lowest BCUT2D eigenvalue weighted by atomic mass is 9.85. The second kappa shape index (κ2) is 5.82. The van der Waals surface area contributed by atoms with E-state index in [-0.39, 0.29) is 5.82 Å². The second-order valence-electron chi connectivity index (χ2n) is 5.75. The SMILES string of the molecule is CC(Cc1nc2cc(Br)c(F)cc2[nH]1)C1CCCNC1. The first-order chi connectivity index (χ1) is 9.63. The molecular formula is C15H19BrFN3. The van der Waals surface area contributed by atoms with Gasteiger partial charge < -0.3 is 10.3 Å². The molecule has 0 bridgehead atoms. The lowest BCUT2D eigenvalue weighted by molar-refractivity contribution is 0.276. The highest BCUT2D eigenvalue weighted by atomic mass is 79.9. The minimum absolute atomic E-state index is 0.253. The molecule has 1 aromatic heterocycles. The van der Waals surface area contributed by atoms with Crippen molar-refractivity contribution in [3.63, 3.8) is 0 Å². The third-order valence-corrected chi connectivity index (χ3v) is 4.84. The van der Waals surface area contributed by atoms with Gasteiger partial charge in [0.2, 0.25) is 0 Å². The molecule has 3 rings (SSSR count). The van der Waals surface area contributed by atoms with E-state index in [0.29, 0.717) is 16.3 Å². The summed E-state index contributed by atoms with van der Waals surface area (Å²) in [5, 5.41) is 3.46. The monoisotopic (exact) mass is 339 g/mol. The van der Waals surface area contributed by atoms with Crippen LogP contribution in [0.5, 0.6) is 0 Å². The van der Waals surface area contributed by atoms with Crippen LogP contribution in [0.15, 0.2) is 16.6 Å². The molecule has 1 aromatic carbocycles. The zero-order valence-electron chi connectivity index (χ0n) is 11.5. The standard InChI is InChI=1S/C15H19BrFN3/c1-9(10-3-2-4-18-8-10)5-15-19-13-6-11(16)12(17)7-14(13)20-15/h6-7,9-10,18H,2-5,8H2,1H3,(H,19,20). The first-order valence-corrected chi connectivity index (χ1v) is 7.97. The van der Waals surface area contributed by atoms with Crippen LogP contribution in [-0.4, -0.2) is 23.1 Å². The summed E-state index contributed by atoms with van der Waals surface area (Å²) < 4.78 is 14.0. The minimum Gasteiger partial charge on any atom is -0.342 e. The number of fused-ring (bicyclic) bond motifs is 1. The molecule has 0 spiro atoms. The van der Waals surface area contributed by atoms with Crippen LogP contribution < -0.4 is 5.32 Å². The maximum absolute atomic E-state index is 13.5. The summed E-state index contributed by atoms with van der Waals surface area (Å²) in [5.74, 6) is 1.99. The first-order valence-electron chi connectivity index (χ1n) is 7.18. The fourth-order valence-corrected chi connectivity index (χ4v) is 3.32. The van der Waals surface area contributed by atoms with Gasteiger partial charge in [-0.15, -0.1) is 0 Å². The third kappa shape index (κ3) is 2.88. The molecule has 1 aliphatic heterocycles. The molecule has 108 valence electrons. The van der Waals surface area contributed by atoms with Crippen LogP contribution >= 0.6 is 15.9 Å². The molecule has 2 unspecified atom stereocenters. The molecule has 2 atom stereocenters. The van der Waals surface area contributed by atoms with Gasteiger partial charge in [0.1, 0.15) is 11.6 Å². The molecule has 0 aliphatic carbocycles. The van der Waals surface area contributed by atoms with Crippen LogP contribution in [-0.2, 0) is 6.42 Å². The number of piperidine rings is 1. The van der Waals surface area contributed by atoms with Gasteiger partial charge in [0, 0.05) is 12.5 Å². The van der Waals surface area contributed by atoms with E-state index in [1.807, 2.05) is 0 Å². The average molecular weight is 340 g/mol. The van der Waals surface area contributed by atoms with E-state index < -0.39 is 0 Å². The van der Waals surface area contributed by atoms with Crippen molar-refractivity contribution < 1.29 is 4.39 Å². The van der Waals surface area contributed by atoms with Gasteiger partial charge in [0.15, 0.2) is 0 Å². The van der Waals surface area contributed by atoms with Crippen LogP contribution in [0.3, 0.4) is 0 Å². The number of rotatable bonds is 3. The lowest BCUT2D eigenvalue weighted by Crippen LogP contribution is -2.34. The summed E-state index contributed by atoms with van der Waals surface area (Å²) in [6.07, 6.45) is 3.46. The zero-order valence-corrected chi connectivity index (χ0v) is 13.1. The minimum atomic E-state index is -0.253. The number of aromatic amines is 1. The number of nitrogens with zero attached hydrogens (tertiary/aromatic N) is 1. The summed E-state index contributed by atoms with van der Waals surface area (Å²) in [4.78, 5) is 7.82. The van der Waals surface area contributed by atoms with E-state index in [9.17, 15) is 4.39 Å². The molecule has 1 fully saturated rings. The van der Waals surface area contributed by atoms with Crippen LogP contribution in [0.1, 0.15) is 25.6 Å². The highest BCUT2D eigenvalue weighted by Gasteiger charge is 2.21. The van der Waals surface area contributed by atoms with Crippen molar-refractivity contribution in [1.29, 1.82) is 0 Å². The van der Waals surface area contributed by atoms with Gasteiger partial charge in [-0.3, -0.25) is 0 Å². The van der Waals surface area contributed by atoms with E-state index in [1.165, 1.54) is 18.9 Å². The van der Waals surface area contributed by atoms with Gasteiger partial charge in [-0.05, 0) is 59.8 Å². The fraction of sp³-hybridized carbons (Fsp3) is 0.533. The Morgan fingerprint density at radius 2 is 2.35 bits per heavy atom. The van der Waals surface area contributed by atoms with Crippen molar-refractivity contribution in [3.8, 4) is 0 Å². The van der Waals surface area contributed by atoms with Crippen LogP contribution in [0.4, 0.5) is 4.39 Å². The predicted molar refractivity (Wildman–Crippen MR) is 82.2 cm³/mol. The molecular weight excluding hydrogens is 321 g/mol. The van der Waals surface area contributed by atoms with Crippen LogP contribution in [0, 0.1) is 17.7 Å². The summed E-state index contributed by atoms with van der Waals surface area (Å²) in [7, 11) is 0. The molecule has 2 heterocycles. The Balaban J connectivity index is 1.76. The quantitative estimate of drug-likeness (QED) is 0.896. The van der Waals surface area contributed by atoms with Crippen LogP contribution in [0.25, 0.3) is 11.0 Å². The number of aromatic nitrogens is 2. The maximum atomic E-state index is 13.5. The number of imidazole rings is 1. The Bertz CT molecular complexity index is 565. The molecule has 3 nitrogen and oxygen atoms in total. The van der Waals surface area contributed by atoms with Crippen molar-refractivity contribution in [2.75, 3.05) is 13.1 Å².